The van der Waals surface area contributed by atoms with Gasteiger partial charge >= 0.3 is 5.69 Å². The normalized spacial score (nSPS) is 16.1. The van der Waals surface area contributed by atoms with E-state index < -0.39 is 23.3 Å². The molecule has 4 heterocycles. The maximum Gasteiger partial charge on any atom is 0.331 e. The summed E-state index contributed by atoms with van der Waals surface area (Å²) in [5.41, 5.74) is 1.07. The van der Waals surface area contributed by atoms with Crippen molar-refractivity contribution in [3.8, 4) is 0 Å². The third-order valence-electron chi connectivity index (χ3n) is 6.12. The molecule has 1 atom stereocenters. The fourth-order valence-electron chi connectivity index (χ4n) is 4.47. The number of benzene rings is 1. The van der Waals surface area contributed by atoms with Gasteiger partial charge in [0.2, 0.25) is 0 Å². The van der Waals surface area contributed by atoms with Crippen LogP contribution in [0.4, 0.5) is 0 Å². The van der Waals surface area contributed by atoms with Crippen LogP contribution in [0.5, 0.6) is 0 Å². The third-order valence-corrected chi connectivity index (χ3v) is 7.33. The number of pyridine rings is 1. The smallest absolute Gasteiger partial charge is 0.331 e. The van der Waals surface area contributed by atoms with Crippen LogP contribution in [0, 0.1) is 5.92 Å². The van der Waals surface area contributed by atoms with Gasteiger partial charge in [-0.25, -0.2) is 9.86 Å². The molecule has 1 amide bonds. The molecular formula is C25H26N4O5S. The van der Waals surface area contributed by atoms with Crippen molar-refractivity contribution in [3.63, 3.8) is 0 Å². The van der Waals surface area contributed by atoms with E-state index in [4.69, 9.17) is 4.84 Å². The van der Waals surface area contributed by atoms with E-state index >= 15 is 0 Å². The van der Waals surface area contributed by atoms with Crippen molar-refractivity contribution in [2.45, 2.75) is 32.9 Å². The SMILES string of the molecule is CC(C)Cn1c(=O)n(C)c(=O)c2c(C(=O)N3C[C@@H](O)CO3)c(Cc3ccnc4ccccc34)sc21. The van der Waals surface area contributed by atoms with Crippen molar-refractivity contribution < 1.29 is 14.7 Å². The van der Waals surface area contributed by atoms with Crippen LogP contribution in [-0.2, 0) is 24.9 Å². The number of rotatable bonds is 5. The monoisotopic (exact) mass is 494 g/mol. The number of hydrogen-bond acceptors (Lipinski definition) is 7. The van der Waals surface area contributed by atoms with Crippen molar-refractivity contribution in [2.24, 2.45) is 13.0 Å². The number of amides is 1. The molecule has 1 aromatic carbocycles. The fraction of sp³-hybridized carbons (Fsp3) is 0.360. The summed E-state index contributed by atoms with van der Waals surface area (Å²) in [6.07, 6.45) is 1.30. The molecular weight excluding hydrogens is 468 g/mol. The van der Waals surface area contributed by atoms with Crippen molar-refractivity contribution in [1.82, 2.24) is 19.2 Å². The maximum absolute atomic E-state index is 13.7. The quantitative estimate of drug-likeness (QED) is 0.456. The van der Waals surface area contributed by atoms with Crippen LogP contribution in [0.2, 0.25) is 0 Å². The number of para-hydroxylation sites is 1. The van der Waals surface area contributed by atoms with Crippen molar-refractivity contribution in [1.29, 1.82) is 0 Å². The van der Waals surface area contributed by atoms with Crippen molar-refractivity contribution in [3.05, 3.63) is 73.4 Å². The van der Waals surface area contributed by atoms with Gasteiger partial charge in [-0.15, -0.1) is 11.3 Å². The number of β-amino-alcohol motifs (C(OH)–C–C–N with tert-alkyl or cyclic N) is 1. The Kier molecular flexibility index (Phi) is 6.04. The third kappa shape index (κ3) is 4.07. The highest BCUT2D eigenvalue weighted by Gasteiger charge is 2.33. The number of fused-ring (bicyclic) bond motifs is 2. The molecule has 0 aliphatic carbocycles. The number of aliphatic hydroxyl groups excluding tert-OH is 1. The zero-order valence-electron chi connectivity index (χ0n) is 19.7. The molecule has 0 bridgehead atoms. The first-order valence-corrected chi connectivity index (χ1v) is 12.3. The molecule has 0 unspecified atom stereocenters. The van der Waals surface area contributed by atoms with E-state index in [9.17, 15) is 19.5 Å². The van der Waals surface area contributed by atoms with Gasteiger partial charge in [0.05, 0.1) is 23.0 Å². The molecule has 3 aromatic heterocycles. The summed E-state index contributed by atoms with van der Waals surface area (Å²) >= 11 is 1.28. The number of hydrogen-bond donors (Lipinski definition) is 1. The van der Waals surface area contributed by atoms with E-state index in [1.165, 1.54) is 18.4 Å². The summed E-state index contributed by atoms with van der Waals surface area (Å²) in [6.45, 7) is 4.42. The molecule has 35 heavy (non-hydrogen) atoms. The standard InChI is InChI=1S/C25H26N4O5S/c1-14(2)11-28-24-21(22(31)27(3)25(28)33)20(23(32)29-12-16(30)13-34-29)19(35-24)10-15-8-9-26-18-7-5-4-6-17(15)18/h4-9,14,16,30H,10-13H2,1-3H3/t16-/m1/s1. The zero-order valence-corrected chi connectivity index (χ0v) is 20.5. The minimum Gasteiger partial charge on any atom is -0.389 e. The second-order valence-corrected chi connectivity index (χ2v) is 10.3. The number of hydroxylamine groups is 2. The van der Waals surface area contributed by atoms with E-state index in [0.717, 1.165) is 26.1 Å². The number of aliphatic hydroxyl groups is 1. The number of nitrogens with zero attached hydrogens (tertiary/aromatic N) is 4. The van der Waals surface area contributed by atoms with Gasteiger partial charge in [-0.05, 0) is 23.6 Å². The molecule has 1 N–H and O–H groups in total. The predicted molar refractivity (Wildman–Crippen MR) is 134 cm³/mol. The van der Waals surface area contributed by atoms with Gasteiger partial charge in [0.25, 0.3) is 11.5 Å². The lowest BCUT2D eigenvalue weighted by atomic mass is 10.0. The average Bonchev–Trinajstić information content (AvgIpc) is 3.44. The highest BCUT2D eigenvalue weighted by molar-refractivity contribution is 7.19. The lowest BCUT2D eigenvalue weighted by molar-refractivity contribution is -0.0778. The van der Waals surface area contributed by atoms with Gasteiger partial charge in [0, 0.05) is 36.5 Å². The highest BCUT2D eigenvalue weighted by atomic mass is 32.1. The second-order valence-electron chi connectivity index (χ2n) is 9.21. The van der Waals surface area contributed by atoms with Gasteiger partial charge in [0.15, 0.2) is 0 Å². The molecule has 9 nitrogen and oxygen atoms in total. The number of aromatic nitrogens is 3. The number of thiophene rings is 1. The Bertz CT molecular complexity index is 1560. The molecule has 4 aromatic rings. The van der Waals surface area contributed by atoms with E-state index in [-0.39, 0.29) is 30.0 Å². The average molecular weight is 495 g/mol. The van der Waals surface area contributed by atoms with E-state index in [0.29, 0.717) is 22.7 Å². The molecule has 10 heteroatoms. The van der Waals surface area contributed by atoms with Crippen LogP contribution in [0.15, 0.2) is 46.1 Å². The van der Waals surface area contributed by atoms with E-state index in [1.54, 1.807) is 10.8 Å². The van der Waals surface area contributed by atoms with E-state index in [1.807, 2.05) is 44.2 Å². The Balaban J connectivity index is 1.77. The Morgan fingerprint density at radius 2 is 2.03 bits per heavy atom. The van der Waals surface area contributed by atoms with Crippen LogP contribution in [0.3, 0.4) is 0 Å². The first-order valence-electron chi connectivity index (χ1n) is 11.5. The maximum atomic E-state index is 13.7. The van der Waals surface area contributed by atoms with Crippen LogP contribution in [0.1, 0.15) is 34.6 Å². The molecule has 0 saturated carbocycles. The lowest BCUT2D eigenvalue weighted by Crippen LogP contribution is -2.39. The largest absolute Gasteiger partial charge is 0.389 e. The minimum absolute atomic E-state index is 0.00814. The number of carbonyl (C=O) groups is 1. The molecule has 0 spiro atoms. The summed E-state index contributed by atoms with van der Waals surface area (Å²) in [5.74, 6) is -0.340. The summed E-state index contributed by atoms with van der Waals surface area (Å²) in [7, 11) is 1.43. The summed E-state index contributed by atoms with van der Waals surface area (Å²) in [5, 5.41) is 12.2. The first-order chi connectivity index (χ1) is 16.8. The summed E-state index contributed by atoms with van der Waals surface area (Å²) in [6, 6.07) is 9.64. The summed E-state index contributed by atoms with van der Waals surface area (Å²) < 4.78 is 2.64. The minimum atomic E-state index is -0.793. The first kappa shape index (κ1) is 23.4. The van der Waals surface area contributed by atoms with Crippen molar-refractivity contribution in [2.75, 3.05) is 13.2 Å². The van der Waals surface area contributed by atoms with Gasteiger partial charge in [-0.1, -0.05) is 32.0 Å². The van der Waals surface area contributed by atoms with Crippen LogP contribution in [-0.4, -0.2) is 49.5 Å². The van der Waals surface area contributed by atoms with Crippen LogP contribution in [0.25, 0.3) is 21.1 Å². The molecule has 1 saturated heterocycles. The van der Waals surface area contributed by atoms with Crippen LogP contribution < -0.4 is 11.2 Å². The Morgan fingerprint density at radius 3 is 2.74 bits per heavy atom. The molecule has 1 aliphatic rings. The molecule has 1 fully saturated rings. The highest BCUT2D eigenvalue weighted by Crippen LogP contribution is 2.33. The number of carbonyl (C=O) groups excluding carboxylic acids is 1. The Labute approximate surface area is 204 Å². The van der Waals surface area contributed by atoms with Gasteiger partial charge in [-0.2, -0.15) is 0 Å². The Hall–Kier alpha value is -3.34. The molecule has 182 valence electrons. The molecule has 5 rings (SSSR count). The summed E-state index contributed by atoms with van der Waals surface area (Å²) in [4.78, 5) is 51.0. The van der Waals surface area contributed by atoms with Gasteiger partial charge < -0.3 is 5.11 Å². The second kappa shape index (κ2) is 9.03. The molecule has 1 aliphatic heterocycles. The predicted octanol–water partition coefficient (Wildman–Crippen LogP) is 2.31. The molecule has 0 radical (unpaired) electrons. The lowest BCUT2D eigenvalue weighted by Gasteiger charge is -2.15. The van der Waals surface area contributed by atoms with Crippen molar-refractivity contribution >= 4 is 38.4 Å². The van der Waals surface area contributed by atoms with E-state index in [2.05, 4.69) is 4.98 Å². The van der Waals surface area contributed by atoms with Gasteiger partial charge in [0.1, 0.15) is 17.5 Å². The Morgan fingerprint density at radius 1 is 1.26 bits per heavy atom. The zero-order chi connectivity index (χ0) is 24.9. The fourth-order valence-corrected chi connectivity index (χ4v) is 5.78. The topological polar surface area (TPSA) is 107 Å². The van der Waals surface area contributed by atoms with Crippen LogP contribution >= 0.6 is 11.3 Å². The van der Waals surface area contributed by atoms with Gasteiger partial charge in [-0.3, -0.25) is 28.5 Å².